The molecular formula is C9H13N3O3. The molecular weight excluding hydrogens is 198 g/mol. The number of fused-ring (bicyclic) bond motifs is 1. The summed E-state index contributed by atoms with van der Waals surface area (Å²) in [4.78, 5) is 18.5. The summed E-state index contributed by atoms with van der Waals surface area (Å²) in [5, 5.41) is 18.5. The van der Waals surface area contributed by atoms with Gasteiger partial charge in [-0.2, -0.15) is 0 Å². The van der Waals surface area contributed by atoms with Crippen LogP contribution in [0.15, 0.2) is 17.3 Å². The fourth-order valence-electron chi connectivity index (χ4n) is 1.77. The van der Waals surface area contributed by atoms with E-state index in [0.29, 0.717) is 12.3 Å². The lowest BCUT2D eigenvalue weighted by Crippen LogP contribution is -2.50. The summed E-state index contributed by atoms with van der Waals surface area (Å²) in [5.41, 5.74) is 0. The van der Waals surface area contributed by atoms with Gasteiger partial charge in [-0.15, -0.1) is 0 Å². The van der Waals surface area contributed by atoms with E-state index in [1.54, 1.807) is 19.3 Å². The minimum absolute atomic E-state index is 0.0816. The highest BCUT2D eigenvalue weighted by molar-refractivity contribution is 6.07. The van der Waals surface area contributed by atoms with Crippen molar-refractivity contribution in [2.45, 2.75) is 18.7 Å². The Labute approximate surface area is 87.1 Å². The number of rotatable bonds is 2. The van der Waals surface area contributed by atoms with E-state index in [9.17, 15) is 9.90 Å². The van der Waals surface area contributed by atoms with Crippen molar-refractivity contribution in [3.8, 4) is 0 Å². The molecule has 0 unspecified atom stereocenters. The molecule has 0 spiro atoms. The number of carbonyl (C=O) groups excluding carboxylic acids is 1. The first-order valence-corrected chi connectivity index (χ1v) is 4.76. The van der Waals surface area contributed by atoms with Crippen molar-refractivity contribution in [3.05, 3.63) is 12.3 Å². The smallest absolute Gasteiger partial charge is 0.329 e. The van der Waals surface area contributed by atoms with Crippen LogP contribution in [-0.4, -0.2) is 57.8 Å². The average molecular weight is 211 g/mol. The lowest BCUT2D eigenvalue weighted by Gasteiger charge is -2.31. The number of amidine groups is 1. The molecule has 2 rings (SSSR count). The van der Waals surface area contributed by atoms with Gasteiger partial charge in [-0.3, -0.25) is 4.90 Å². The molecule has 2 aliphatic rings. The van der Waals surface area contributed by atoms with E-state index in [0.717, 1.165) is 0 Å². The molecule has 6 nitrogen and oxygen atoms in total. The van der Waals surface area contributed by atoms with Crippen LogP contribution >= 0.6 is 0 Å². The van der Waals surface area contributed by atoms with Crippen LogP contribution in [0.25, 0.3) is 0 Å². The third-order valence-electron chi connectivity index (χ3n) is 2.57. The Hall–Kier alpha value is -1.40. The van der Waals surface area contributed by atoms with Crippen molar-refractivity contribution in [1.29, 1.82) is 0 Å². The van der Waals surface area contributed by atoms with E-state index < -0.39 is 12.3 Å². The molecule has 0 saturated carbocycles. The number of urea groups is 1. The Kier molecular flexibility index (Phi) is 2.45. The number of aliphatic hydroxyl groups is 2. The van der Waals surface area contributed by atoms with E-state index >= 15 is 0 Å². The number of hydrogen-bond acceptors (Lipinski definition) is 4. The lowest BCUT2D eigenvalue weighted by molar-refractivity contribution is 0.0964. The second-order valence-electron chi connectivity index (χ2n) is 3.56. The number of aliphatic imine (C=N–C) groups is 1. The first-order chi connectivity index (χ1) is 7.15. The van der Waals surface area contributed by atoms with E-state index in [1.807, 2.05) is 0 Å². The van der Waals surface area contributed by atoms with Gasteiger partial charge in [0.15, 0.2) is 6.23 Å². The van der Waals surface area contributed by atoms with Crippen molar-refractivity contribution >= 4 is 11.9 Å². The van der Waals surface area contributed by atoms with Gasteiger partial charge in [-0.05, 0) is 12.5 Å². The molecule has 0 bridgehead atoms. The summed E-state index contributed by atoms with van der Waals surface area (Å²) < 4.78 is 0. The minimum Gasteiger partial charge on any atom is -0.396 e. The van der Waals surface area contributed by atoms with Crippen molar-refractivity contribution in [3.63, 3.8) is 0 Å². The van der Waals surface area contributed by atoms with Gasteiger partial charge in [0, 0.05) is 19.9 Å². The number of amides is 2. The summed E-state index contributed by atoms with van der Waals surface area (Å²) in [6, 6.07) is -0.684. The molecule has 2 aliphatic heterocycles. The number of aliphatic hydroxyl groups excluding tert-OH is 2. The molecule has 2 N–H and O–H groups in total. The third-order valence-corrected chi connectivity index (χ3v) is 2.57. The second-order valence-corrected chi connectivity index (χ2v) is 3.56. The highest BCUT2D eigenvalue weighted by Crippen LogP contribution is 2.23. The molecule has 82 valence electrons. The number of nitrogens with zero attached hydrogens (tertiary/aromatic N) is 3. The summed E-state index contributed by atoms with van der Waals surface area (Å²) in [7, 11) is 1.64. The molecule has 0 aromatic rings. The maximum atomic E-state index is 11.8. The van der Waals surface area contributed by atoms with Crippen LogP contribution < -0.4 is 0 Å². The molecule has 0 aliphatic carbocycles. The Balaban J connectivity index is 2.27. The van der Waals surface area contributed by atoms with Gasteiger partial charge in [-0.1, -0.05) is 0 Å². The predicted molar refractivity (Wildman–Crippen MR) is 53.1 cm³/mol. The molecule has 2 heterocycles. The van der Waals surface area contributed by atoms with Crippen LogP contribution in [0.4, 0.5) is 4.79 Å². The molecule has 6 heteroatoms. The van der Waals surface area contributed by atoms with Gasteiger partial charge in [-0.25, -0.2) is 9.79 Å². The van der Waals surface area contributed by atoms with Gasteiger partial charge in [0.1, 0.15) is 5.84 Å². The SMILES string of the molecule is CN1C=CC2=N[C@H](O)[C@@H](CCO)N2C1=O. The largest absolute Gasteiger partial charge is 0.396 e. The highest BCUT2D eigenvalue weighted by Gasteiger charge is 2.40. The second kappa shape index (κ2) is 3.63. The standard InChI is InChI=1S/C9H13N3O3/c1-11-4-2-7-10-8(14)6(3-5-13)12(7)9(11)15/h2,4,6,8,13-14H,3,5H2,1H3/t6-,8-/m1/s1. The number of hydrogen-bond donors (Lipinski definition) is 2. The van der Waals surface area contributed by atoms with Crippen LogP contribution in [0.1, 0.15) is 6.42 Å². The summed E-state index contributed by atoms with van der Waals surface area (Å²) in [6.07, 6.45) is 2.65. The molecule has 0 fully saturated rings. The fraction of sp³-hybridized carbons (Fsp3) is 0.556. The first-order valence-electron chi connectivity index (χ1n) is 4.76. The van der Waals surface area contributed by atoms with Gasteiger partial charge < -0.3 is 15.1 Å². The van der Waals surface area contributed by atoms with E-state index in [-0.39, 0.29) is 12.6 Å². The van der Waals surface area contributed by atoms with Crippen LogP contribution in [0, 0.1) is 0 Å². The molecule has 0 radical (unpaired) electrons. The van der Waals surface area contributed by atoms with Crippen molar-refractivity contribution < 1.29 is 15.0 Å². The maximum Gasteiger partial charge on any atom is 0.329 e. The zero-order chi connectivity index (χ0) is 11.0. The van der Waals surface area contributed by atoms with Crippen LogP contribution in [-0.2, 0) is 0 Å². The average Bonchev–Trinajstić information content (AvgIpc) is 2.51. The van der Waals surface area contributed by atoms with Gasteiger partial charge in [0.2, 0.25) is 0 Å². The van der Waals surface area contributed by atoms with Crippen molar-refractivity contribution in [1.82, 2.24) is 9.80 Å². The van der Waals surface area contributed by atoms with E-state index in [1.165, 1.54) is 9.80 Å². The summed E-state index contributed by atoms with van der Waals surface area (Å²) in [6.45, 7) is -0.0816. The summed E-state index contributed by atoms with van der Waals surface area (Å²) >= 11 is 0. The van der Waals surface area contributed by atoms with E-state index in [4.69, 9.17) is 5.11 Å². The molecule has 0 aromatic carbocycles. The molecule has 2 atom stereocenters. The summed E-state index contributed by atoms with van der Waals surface area (Å²) in [5.74, 6) is 0.462. The van der Waals surface area contributed by atoms with Crippen molar-refractivity contribution in [2.75, 3.05) is 13.7 Å². The predicted octanol–water partition coefficient (Wildman–Crippen LogP) is -0.651. The Morgan fingerprint density at radius 3 is 3.00 bits per heavy atom. The van der Waals surface area contributed by atoms with Crippen LogP contribution in [0.2, 0.25) is 0 Å². The van der Waals surface area contributed by atoms with Gasteiger partial charge >= 0.3 is 6.03 Å². The van der Waals surface area contributed by atoms with Gasteiger partial charge in [0.25, 0.3) is 0 Å². The van der Waals surface area contributed by atoms with Crippen LogP contribution in [0.5, 0.6) is 0 Å². The zero-order valence-corrected chi connectivity index (χ0v) is 8.37. The quantitative estimate of drug-likeness (QED) is 0.637. The Morgan fingerprint density at radius 1 is 1.60 bits per heavy atom. The lowest BCUT2D eigenvalue weighted by atomic mass is 10.1. The Bertz CT molecular complexity index is 339. The number of carbonyl (C=O) groups is 1. The van der Waals surface area contributed by atoms with E-state index in [2.05, 4.69) is 4.99 Å². The molecule has 2 amide bonds. The first kappa shape index (κ1) is 10.1. The van der Waals surface area contributed by atoms with Crippen LogP contribution in [0.3, 0.4) is 0 Å². The monoisotopic (exact) mass is 211 g/mol. The highest BCUT2D eigenvalue weighted by atomic mass is 16.3. The molecule has 0 saturated heterocycles. The fourth-order valence-corrected chi connectivity index (χ4v) is 1.77. The topological polar surface area (TPSA) is 76.4 Å². The van der Waals surface area contributed by atoms with Crippen molar-refractivity contribution in [2.24, 2.45) is 4.99 Å². The molecule has 0 aromatic heterocycles. The zero-order valence-electron chi connectivity index (χ0n) is 8.37. The maximum absolute atomic E-state index is 11.8. The third kappa shape index (κ3) is 1.51. The minimum atomic E-state index is -0.938. The Morgan fingerprint density at radius 2 is 2.33 bits per heavy atom. The van der Waals surface area contributed by atoms with Gasteiger partial charge in [0.05, 0.1) is 6.04 Å². The molecule has 15 heavy (non-hydrogen) atoms. The normalized spacial score (nSPS) is 29.5.